The van der Waals surface area contributed by atoms with Crippen LogP contribution in [0.3, 0.4) is 0 Å². The predicted octanol–water partition coefficient (Wildman–Crippen LogP) is 13.9. The minimum atomic E-state index is -1.10. The highest BCUT2D eigenvalue weighted by Crippen LogP contribution is 2.30. The molecule has 0 bridgehead atoms. The third-order valence-corrected chi connectivity index (χ3v) is 22.8. The SMILES string of the molecule is Cc1cccc(C)c1OCC(=O)N[C@@H](Cc1ccccc1)[C@H](C[C@H](Cc1ccccc1)NC(=O)C(C(C)C)N1CCCNC1=O)OC(=O)OCCSSCCOC(=O)O[C@@H](C[C@H](Cc1ccccc1)NC(=O)C(CC(=O)N(C)Cc1csc(C(C)C)n1)C(C)C)[C@@H](CC(=O)OCc1cncs1)Cc1ccccc1. The summed E-state index contributed by atoms with van der Waals surface area (Å²) < 4.78 is 36.2. The Morgan fingerprint density at radius 1 is 0.630 bits per heavy atom. The van der Waals surface area contributed by atoms with Crippen LogP contribution in [0, 0.1) is 37.5 Å². The number of aryl methyl sites for hydroxylation is 2. The molecule has 3 heterocycles. The molecule has 1 fully saturated rings. The molecule has 580 valence electrons. The minimum Gasteiger partial charge on any atom is -0.483 e. The van der Waals surface area contributed by atoms with Gasteiger partial charge in [0.1, 0.15) is 43.8 Å². The Bertz CT molecular complexity index is 3910. The van der Waals surface area contributed by atoms with Crippen molar-refractivity contribution in [3.05, 3.63) is 206 Å². The van der Waals surface area contributed by atoms with Crippen molar-refractivity contribution < 1.29 is 66.8 Å². The van der Waals surface area contributed by atoms with Gasteiger partial charge in [0.05, 0.1) is 40.1 Å². The van der Waals surface area contributed by atoms with E-state index in [0.29, 0.717) is 51.1 Å². The maximum absolute atomic E-state index is 14.8. The first-order valence-electron chi connectivity index (χ1n) is 37.0. The minimum absolute atomic E-state index is 0.00516. The predicted molar refractivity (Wildman–Crippen MR) is 423 cm³/mol. The monoisotopic (exact) mass is 1550 g/mol. The summed E-state index contributed by atoms with van der Waals surface area (Å²) in [5.74, 6) is -2.42. The average molecular weight is 1550 g/mol. The summed E-state index contributed by atoms with van der Waals surface area (Å²) in [5, 5.41) is 15.5. The summed E-state index contributed by atoms with van der Waals surface area (Å²) in [7, 11) is 4.43. The summed E-state index contributed by atoms with van der Waals surface area (Å²) >= 11 is 2.91. The van der Waals surface area contributed by atoms with Crippen molar-refractivity contribution in [2.45, 2.75) is 169 Å². The number of ether oxygens (including phenoxy) is 6. The van der Waals surface area contributed by atoms with E-state index >= 15 is 0 Å². The number of hydrogen-bond acceptors (Lipinski definition) is 20. The highest BCUT2D eigenvalue weighted by molar-refractivity contribution is 8.76. The summed E-state index contributed by atoms with van der Waals surface area (Å²) in [6.45, 7) is 16.2. The van der Waals surface area contributed by atoms with E-state index in [1.165, 1.54) is 32.9 Å². The molecule has 0 spiro atoms. The van der Waals surface area contributed by atoms with Crippen LogP contribution in [0.25, 0.3) is 0 Å². The van der Waals surface area contributed by atoms with Gasteiger partial charge in [-0.25, -0.2) is 19.4 Å². The van der Waals surface area contributed by atoms with Gasteiger partial charge in [0.15, 0.2) is 6.61 Å². The van der Waals surface area contributed by atoms with E-state index in [2.05, 4.69) is 40.1 Å². The van der Waals surface area contributed by atoms with Crippen molar-refractivity contribution in [1.29, 1.82) is 0 Å². The second kappa shape index (κ2) is 44.5. The molecule has 6 amide bonds. The molecule has 108 heavy (non-hydrogen) atoms. The molecule has 7 aromatic rings. The van der Waals surface area contributed by atoms with E-state index in [1.807, 2.05) is 186 Å². The highest BCUT2D eigenvalue weighted by Gasteiger charge is 2.39. The van der Waals surface area contributed by atoms with Crippen LogP contribution in [-0.4, -0.2) is 156 Å². The van der Waals surface area contributed by atoms with Gasteiger partial charge in [-0.3, -0.25) is 29.0 Å². The zero-order chi connectivity index (χ0) is 77.3. The number of nitrogens with zero attached hydrogens (tertiary/aromatic N) is 4. The molecule has 0 saturated carbocycles. The van der Waals surface area contributed by atoms with E-state index in [4.69, 9.17) is 33.4 Å². The number of carbonyl (C=O) groups is 8. The van der Waals surface area contributed by atoms with Crippen LogP contribution in [0.4, 0.5) is 14.4 Å². The molecule has 26 heteroatoms. The van der Waals surface area contributed by atoms with Crippen molar-refractivity contribution in [3.8, 4) is 5.75 Å². The first kappa shape index (κ1) is 84.6. The number of urea groups is 1. The lowest BCUT2D eigenvalue weighted by atomic mass is 9.85. The van der Waals surface area contributed by atoms with Gasteiger partial charge >= 0.3 is 24.3 Å². The van der Waals surface area contributed by atoms with Gasteiger partial charge in [-0.05, 0) is 91.2 Å². The number of benzene rings is 5. The van der Waals surface area contributed by atoms with E-state index in [0.717, 1.165) is 49.0 Å². The van der Waals surface area contributed by atoms with E-state index in [-0.39, 0.29) is 112 Å². The summed E-state index contributed by atoms with van der Waals surface area (Å²) in [5.41, 5.74) is 7.64. The molecule has 0 aliphatic carbocycles. The third kappa shape index (κ3) is 28.5. The molecular formula is C82H104N8O14S4. The lowest BCUT2D eigenvalue weighted by Crippen LogP contribution is -2.59. The lowest BCUT2D eigenvalue weighted by Gasteiger charge is -2.37. The largest absolute Gasteiger partial charge is 0.508 e. The molecule has 1 saturated heterocycles. The first-order valence-corrected chi connectivity index (χ1v) is 41.2. The molecule has 22 nitrogen and oxygen atoms in total. The normalized spacial score (nSPS) is 14.4. The fourth-order valence-corrected chi connectivity index (χ4v) is 15.9. The van der Waals surface area contributed by atoms with Gasteiger partial charge in [-0.1, -0.05) is 203 Å². The number of amides is 6. The average Bonchev–Trinajstić information content (AvgIpc) is 1.61. The number of carbonyl (C=O) groups excluding carboxylic acids is 8. The first-order chi connectivity index (χ1) is 52.0. The van der Waals surface area contributed by atoms with Crippen molar-refractivity contribution in [2.75, 3.05) is 51.5 Å². The number of esters is 1. The third-order valence-electron chi connectivity index (χ3n) is 18.5. The Hall–Kier alpha value is -8.98. The number of para-hydroxylation sites is 1. The molecule has 8 rings (SSSR count). The summed E-state index contributed by atoms with van der Waals surface area (Å²) in [4.78, 5) is 126. The lowest BCUT2D eigenvalue weighted by molar-refractivity contribution is -0.147. The Labute approximate surface area is 651 Å². The van der Waals surface area contributed by atoms with Crippen LogP contribution in [0.15, 0.2) is 157 Å². The van der Waals surface area contributed by atoms with Crippen LogP contribution in [-0.2, 0) is 86.5 Å². The molecule has 5 aromatic carbocycles. The number of rotatable bonds is 43. The van der Waals surface area contributed by atoms with Crippen molar-refractivity contribution in [1.82, 2.24) is 41.0 Å². The van der Waals surface area contributed by atoms with Crippen molar-refractivity contribution >= 4 is 92.2 Å². The molecule has 2 unspecified atom stereocenters. The maximum Gasteiger partial charge on any atom is 0.508 e. The smallest absolute Gasteiger partial charge is 0.483 e. The van der Waals surface area contributed by atoms with E-state index in [1.54, 1.807) is 39.9 Å². The Morgan fingerprint density at radius 2 is 1.18 bits per heavy atom. The quantitative estimate of drug-likeness (QED) is 0.0120. The van der Waals surface area contributed by atoms with Crippen molar-refractivity contribution in [2.24, 2.45) is 23.7 Å². The summed E-state index contributed by atoms with van der Waals surface area (Å²) in [6, 6.07) is 40.5. The molecule has 1 aliphatic heterocycles. The fraction of sp³-hybridized carbons (Fsp3) is 0.463. The second-order valence-electron chi connectivity index (χ2n) is 28.2. The zero-order valence-corrected chi connectivity index (χ0v) is 66.5. The molecular weight excluding hydrogens is 1450 g/mol. The molecule has 8 atom stereocenters. The van der Waals surface area contributed by atoms with Gasteiger partial charge in [0.2, 0.25) is 17.7 Å². The number of thiazole rings is 2. The van der Waals surface area contributed by atoms with E-state index in [9.17, 15) is 38.4 Å². The standard InChI is InChI=1S/C82H104N8O14S4/c1-54(2)68(47-73(92)89(9)49-66-52-105-79(87-66)56(5)6)77(94)85-64(41-60-28-16-11-17-29-60)45-70(63(40-59-26-14-10-15-27-59)44-74(93)101-50-67-48-83-53-106-67)103-81(97)99-36-38-107-108-39-37-100-82(98)104-71(69(43-62-32-20-13-21-33-62)88-72(91)51-102-76-57(7)24-22-25-58(76)8)46-65(42-61-30-18-12-19-31-61)86-78(95)75(55(3)4)90-35-23-34-84-80(90)96/h10-22,24-33,48,52-56,63-65,68-71,75H,23,34-47,49-51H2,1-9H3,(H,84,96)(H,85,94)(H,86,95)(H,88,91)/t63-,64+,65+,68?,69+,70+,71+,75?/m1/s1. The summed E-state index contributed by atoms with van der Waals surface area (Å²) in [6.07, 6.45) is -0.822. The molecule has 0 radical (unpaired) electrons. The Morgan fingerprint density at radius 3 is 1.70 bits per heavy atom. The number of aromatic nitrogens is 2. The topological polar surface area (TPSA) is 272 Å². The van der Waals surface area contributed by atoms with Crippen LogP contribution in [0.1, 0.15) is 129 Å². The number of nitrogens with one attached hydrogen (secondary N) is 4. The van der Waals surface area contributed by atoms with Gasteiger partial charge in [0, 0.05) is 92.3 Å². The second-order valence-corrected chi connectivity index (χ2v) is 32.7. The maximum atomic E-state index is 14.8. The molecule has 1 aliphatic rings. The van der Waals surface area contributed by atoms with Gasteiger partial charge < -0.3 is 59.5 Å². The van der Waals surface area contributed by atoms with Crippen LogP contribution in [0.5, 0.6) is 5.75 Å². The van der Waals surface area contributed by atoms with Crippen LogP contribution >= 0.6 is 44.3 Å². The van der Waals surface area contributed by atoms with Gasteiger partial charge in [-0.15, -0.1) is 22.7 Å². The van der Waals surface area contributed by atoms with Crippen LogP contribution in [0.2, 0.25) is 0 Å². The Balaban J connectivity index is 0.952. The molecule has 2 aromatic heterocycles. The highest BCUT2D eigenvalue weighted by atomic mass is 33.1. The van der Waals surface area contributed by atoms with Crippen molar-refractivity contribution in [3.63, 3.8) is 0 Å². The van der Waals surface area contributed by atoms with Gasteiger partial charge in [-0.2, -0.15) is 0 Å². The number of hydrogen-bond donors (Lipinski definition) is 4. The van der Waals surface area contributed by atoms with Gasteiger partial charge in [0.25, 0.3) is 5.91 Å². The fourth-order valence-electron chi connectivity index (χ4n) is 13.0. The van der Waals surface area contributed by atoms with E-state index < -0.39 is 72.4 Å². The Kier molecular flexibility index (Phi) is 34.9. The molecule has 4 N–H and O–H groups in total. The van der Waals surface area contributed by atoms with Crippen LogP contribution < -0.4 is 26.0 Å². The zero-order valence-electron chi connectivity index (χ0n) is 63.2.